The second kappa shape index (κ2) is 12.4. The summed E-state index contributed by atoms with van der Waals surface area (Å²) in [7, 11) is 0. The third-order valence-corrected chi connectivity index (χ3v) is 8.22. The van der Waals surface area contributed by atoms with Crippen molar-refractivity contribution in [1.29, 1.82) is 0 Å². The van der Waals surface area contributed by atoms with Crippen molar-refractivity contribution in [1.82, 2.24) is 14.5 Å². The first-order valence-corrected chi connectivity index (χ1v) is 14.9. The van der Waals surface area contributed by atoms with Crippen LogP contribution in [0, 0.1) is 18.1 Å². The predicted octanol–water partition coefficient (Wildman–Crippen LogP) is 10.1. The van der Waals surface area contributed by atoms with Crippen molar-refractivity contribution in [2.75, 3.05) is 0 Å². The molecule has 0 bridgehead atoms. The molecule has 3 aromatic heterocycles. The molecular weight excluding hydrogens is 719 g/mol. The predicted molar refractivity (Wildman–Crippen MR) is 177 cm³/mol. The number of hydrogen-bond donors (Lipinski definition) is 0. The van der Waals surface area contributed by atoms with Gasteiger partial charge in [-0.05, 0) is 46.9 Å². The Morgan fingerprint density at radius 1 is 0.818 bits per heavy atom. The van der Waals surface area contributed by atoms with Gasteiger partial charge in [0.2, 0.25) is 0 Å². The number of imidazole rings is 1. The Morgan fingerprint density at radius 2 is 1.66 bits per heavy atom. The van der Waals surface area contributed by atoms with Crippen LogP contribution >= 0.6 is 0 Å². The van der Waals surface area contributed by atoms with Crippen LogP contribution in [0.5, 0.6) is 0 Å². The van der Waals surface area contributed by atoms with Gasteiger partial charge in [0.05, 0.1) is 22.4 Å². The van der Waals surface area contributed by atoms with E-state index in [1.54, 1.807) is 0 Å². The molecule has 0 saturated heterocycles. The molecule has 1 aliphatic heterocycles. The van der Waals surface area contributed by atoms with E-state index in [0.717, 1.165) is 56.6 Å². The van der Waals surface area contributed by atoms with E-state index in [4.69, 9.17) is 9.40 Å². The van der Waals surface area contributed by atoms with Crippen LogP contribution in [0.4, 0.5) is 0 Å². The van der Waals surface area contributed by atoms with Crippen molar-refractivity contribution in [2.24, 2.45) is 5.92 Å². The summed E-state index contributed by atoms with van der Waals surface area (Å²) in [5.74, 6) is 2.03. The molecule has 7 aromatic rings. The molecule has 0 unspecified atom stereocenters. The molecule has 0 atom stereocenters. The van der Waals surface area contributed by atoms with Crippen LogP contribution in [-0.4, -0.2) is 14.5 Å². The first-order valence-electron chi connectivity index (χ1n) is 14.9. The van der Waals surface area contributed by atoms with Gasteiger partial charge in [-0.15, -0.1) is 54.1 Å². The van der Waals surface area contributed by atoms with Crippen LogP contribution < -0.4 is 0 Å². The van der Waals surface area contributed by atoms with Gasteiger partial charge in [-0.1, -0.05) is 86.7 Å². The summed E-state index contributed by atoms with van der Waals surface area (Å²) in [5.41, 5.74) is 11.0. The smallest absolute Gasteiger partial charge is 0.120 e. The molecule has 0 aliphatic carbocycles. The van der Waals surface area contributed by atoms with Gasteiger partial charge in [-0.25, -0.2) is 0 Å². The molecule has 0 spiro atoms. The van der Waals surface area contributed by atoms with Crippen molar-refractivity contribution in [3.63, 3.8) is 0 Å². The van der Waals surface area contributed by atoms with E-state index in [0.29, 0.717) is 11.8 Å². The number of pyridine rings is 1. The van der Waals surface area contributed by atoms with E-state index in [1.807, 2.05) is 48.7 Å². The van der Waals surface area contributed by atoms with Gasteiger partial charge >= 0.3 is 0 Å². The topological polar surface area (TPSA) is 43.9 Å². The number of allylic oxidation sites excluding steroid dienone is 1. The fourth-order valence-electron chi connectivity index (χ4n) is 5.82. The fraction of sp³-hybridized carbons (Fsp3) is 0.179. The van der Waals surface area contributed by atoms with Crippen molar-refractivity contribution in [3.05, 3.63) is 126 Å². The van der Waals surface area contributed by atoms with E-state index in [1.165, 1.54) is 22.2 Å². The van der Waals surface area contributed by atoms with Crippen LogP contribution in [0.2, 0.25) is 0 Å². The SMILES string of the molecule is CC(C)C1=Cc2cccc3nc(-c4[c-]cccc4)n(c23)C1.CC(C)c1ccnc(-c2[c-]ccc3c2oc2ccccc23)c1.[Ir]. The molecule has 0 fully saturated rings. The van der Waals surface area contributed by atoms with E-state index >= 15 is 0 Å². The average molecular weight is 752 g/mol. The van der Waals surface area contributed by atoms with Gasteiger partial charge in [0.1, 0.15) is 5.58 Å². The van der Waals surface area contributed by atoms with Crippen LogP contribution in [-0.2, 0) is 26.7 Å². The summed E-state index contributed by atoms with van der Waals surface area (Å²) in [6, 6.07) is 37.3. The van der Waals surface area contributed by atoms with Crippen molar-refractivity contribution in [2.45, 2.75) is 40.2 Å². The molecule has 4 nitrogen and oxygen atoms in total. The Balaban J connectivity index is 0.000000153. The third kappa shape index (κ3) is 5.43. The van der Waals surface area contributed by atoms with E-state index < -0.39 is 0 Å². The Bertz CT molecular complexity index is 2120. The Morgan fingerprint density at radius 3 is 2.45 bits per heavy atom. The summed E-state index contributed by atoms with van der Waals surface area (Å²) in [5, 5.41) is 2.24. The fourth-order valence-corrected chi connectivity index (χ4v) is 5.82. The quantitative estimate of drug-likeness (QED) is 0.168. The minimum atomic E-state index is 0. The first-order chi connectivity index (χ1) is 21.0. The molecule has 0 amide bonds. The van der Waals surface area contributed by atoms with Crippen LogP contribution in [0.25, 0.3) is 61.7 Å². The molecule has 8 rings (SSSR count). The maximum atomic E-state index is 6.07. The molecule has 4 aromatic carbocycles. The summed E-state index contributed by atoms with van der Waals surface area (Å²) < 4.78 is 8.41. The summed E-state index contributed by atoms with van der Waals surface area (Å²) in [6.07, 6.45) is 4.19. The van der Waals surface area contributed by atoms with Crippen molar-refractivity contribution >= 4 is 39.0 Å². The molecule has 1 aliphatic rings. The number of benzene rings is 4. The number of furan rings is 1. The summed E-state index contributed by atoms with van der Waals surface area (Å²) in [4.78, 5) is 9.37. The largest absolute Gasteiger partial charge is 0.501 e. The maximum absolute atomic E-state index is 6.07. The molecule has 44 heavy (non-hydrogen) atoms. The molecule has 0 N–H and O–H groups in total. The van der Waals surface area contributed by atoms with E-state index in [2.05, 4.69) is 104 Å². The van der Waals surface area contributed by atoms with Gasteiger partial charge < -0.3 is 14.0 Å². The molecule has 1 radical (unpaired) electrons. The van der Waals surface area contributed by atoms with Crippen molar-refractivity contribution in [3.8, 4) is 22.6 Å². The zero-order valence-electron chi connectivity index (χ0n) is 25.3. The van der Waals surface area contributed by atoms with Gasteiger partial charge in [0.15, 0.2) is 0 Å². The van der Waals surface area contributed by atoms with Gasteiger partial charge in [0.25, 0.3) is 0 Å². The maximum Gasteiger partial charge on any atom is 0.120 e. The minimum Gasteiger partial charge on any atom is -0.501 e. The van der Waals surface area contributed by atoms with Crippen LogP contribution in [0.15, 0.2) is 107 Å². The zero-order valence-corrected chi connectivity index (χ0v) is 27.7. The number of para-hydroxylation sites is 2. The van der Waals surface area contributed by atoms with Crippen molar-refractivity contribution < 1.29 is 24.5 Å². The molecular formula is C39H33IrN3O-2. The first kappa shape index (κ1) is 29.7. The number of nitrogens with zero attached hydrogens (tertiary/aromatic N) is 3. The van der Waals surface area contributed by atoms with Gasteiger partial charge in [0, 0.05) is 38.2 Å². The Hall–Kier alpha value is -4.31. The average Bonchev–Trinajstić information content (AvgIpc) is 3.61. The van der Waals surface area contributed by atoms with E-state index in [9.17, 15) is 0 Å². The second-order valence-corrected chi connectivity index (χ2v) is 11.7. The number of aromatic nitrogens is 3. The second-order valence-electron chi connectivity index (χ2n) is 11.7. The normalized spacial score (nSPS) is 12.4. The molecule has 4 heterocycles. The minimum absolute atomic E-state index is 0. The number of rotatable bonds is 4. The molecule has 0 saturated carbocycles. The summed E-state index contributed by atoms with van der Waals surface area (Å²) >= 11 is 0. The summed E-state index contributed by atoms with van der Waals surface area (Å²) in [6.45, 7) is 9.79. The molecule has 221 valence electrons. The van der Waals surface area contributed by atoms with Gasteiger partial charge in [-0.3, -0.25) is 4.98 Å². The van der Waals surface area contributed by atoms with Crippen LogP contribution in [0.3, 0.4) is 0 Å². The monoisotopic (exact) mass is 752 g/mol. The van der Waals surface area contributed by atoms with Crippen LogP contribution in [0.1, 0.15) is 44.7 Å². The molecule has 5 heteroatoms. The van der Waals surface area contributed by atoms with E-state index in [-0.39, 0.29) is 20.1 Å². The van der Waals surface area contributed by atoms with Gasteiger partial charge in [-0.2, -0.15) is 0 Å². The number of hydrogen-bond acceptors (Lipinski definition) is 3. The standard InChI is InChI=1S/C20H16NO.C19H17N2.Ir/c1-13(2)14-10-11-21-18(12-14)17-8-5-7-16-15-6-3-4-9-19(15)22-20(16)17;1-13(2)16-11-15-9-6-10-17-18(15)21(12-16)19(20-17)14-7-4-3-5-8-14;/h3-7,9-13H,1-2H3;3-7,9-11,13H,12H2,1-2H3;/q2*-1;. The zero-order chi connectivity index (χ0) is 29.5. The number of fused-ring (bicyclic) bond motifs is 3. The Labute approximate surface area is 271 Å². The Kier molecular flexibility index (Phi) is 8.35. The third-order valence-electron chi connectivity index (χ3n) is 8.22.